The highest BCUT2D eigenvalue weighted by Crippen LogP contribution is 2.25. The molecule has 3 aromatic rings. The van der Waals surface area contributed by atoms with Gasteiger partial charge >= 0.3 is 10.2 Å². The van der Waals surface area contributed by atoms with Gasteiger partial charge < -0.3 is 25.6 Å². The third kappa shape index (κ3) is 7.39. The third-order valence-corrected chi connectivity index (χ3v) is 7.05. The number of carbonyl (C=O) groups excluding carboxylic acids is 1. The number of anilines is 4. The van der Waals surface area contributed by atoms with Crippen LogP contribution in [0.15, 0.2) is 53.7 Å². The molecule has 1 aliphatic heterocycles. The Balaban J connectivity index is 1.46. The summed E-state index contributed by atoms with van der Waals surface area (Å²) in [5.41, 5.74) is 1.41. The summed E-state index contributed by atoms with van der Waals surface area (Å²) >= 11 is 0. The summed E-state index contributed by atoms with van der Waals surface area (Å²) in [6.07, 6.45) is 1.94. The Morgan fingerprint density at radius 3 is 2.58 bits per heavy atom. The van der Waals surface area contributed by atoms with Crippen LogP contribution in [0.25, 0.3) is 0 Å². The van der Waals surface area contributed by atoms with Crippen molar-refractivity contribution in [2.75, 3.05) is 35.7 Å². The minimum Gasteiger partial charge on any atom is -0.382 e. The molecule has 214 valence electrons. The van der Waals surface area contributed by atoms with Crippen LogP contribution in [-0.4, -0.2) is 67.8 Å². The maximum Gasteiger partial charge on any atom is 0.332 e. The minimum absolute atomic E-state index is 0.00585. The monoisotopic (exact) mass is 575 g/mol. The van der Waals surface area contributed by atoms with E-state index in [2.05, 4.69) is 30.9 Å². The average molecular weight is 576 g/mol. The molecule has 1 fully saturated rings. The van der Waals surface area contributed by atoms with Gasteiger partial charge in [-0.2, -0.15) is 13.4 Å². The number of carbonyl (C=O) groups is 1. The number of alkyl halides is 1. The Morgan fingerprint density at radius 1 is 1.18 bits per heavy atom. The second-order valence-electron chi connectivity index (χ2n) is 9.57. The van der Waals surface area contributed by atoms with Crippen molar-refractivity contribution in [3.05, 3.63) is 59.9 Å². The molecule has 0 radical (unpaired) electrons. The van der Waals surface area contributed by atoms with Crippen molar-refractivity contribution in [1.29, 1.82) is 0 Å². The van der Waals surface area contributed by atoms with Gasteiger partial charge in [0, 0.05) is 44.7 Å². The highest BCUT2D eigenvalue weighted by Gasteiger charge is 2.30. The lowest BCUT2D eigenvalue weighted by Crippen LogP contribution is -2.46. The van der Waals surface area contributed by atoms with E-state index < -0.39 is 33.3 Å². The summed E-state index contributed by atoms with van der Waals surface area (Å²) in [6.45, 7) is 4.64. The van der Waals surface area contributed by atoms with Gasteiger partial charge in [0.05, 0.1) is 28.8 Å². The molecule has 1 aliphatic rings. The summed E-state index contributed by atoms with van der Waals surface area (Å²) < 4.78 is 54.7. The number of aromatic nitrogens is 3. The molecule has 2 atom stereocenters. The van der Waals surface area contributed by atoms with E-state index in [4.69, 9.17) is 4.74 Å². The topological polar surface area (TPSA) is 138 Å². The van der Waals surface area contributed by atoms with E-state index in [9.17, 15) is 21.5 Å². The molecule has 0 bridgehead atoms. The van der Waals surface area contributed by atoms with E-state index in [0.717, 1.165) is 12.1 Å². The fourth-order valence-electron chi connectivity index (χ4n) is 4.21. The molecular formula is C26H31F2N7O4S. The number of ether oxygens (including phenoxy) is 1. The molecular weight excluding hydrogens is 544 g/mol. The fraction of sp³-hybridized carbons (Fsp3) is 0.385. The standard InChI is InChI=1S/C26H31F2N7O4S/c1-16(2)32-21-12-24(33-23-8-10-29-26(34-23)35-11-9-22(39-3)20(27)15-35)30-14-19(21)25(36)31-13-17-4-6-18(7-5-17)40(28,37)38/h4-8,10,12,14,16,20,22H,9,11,13,15H2,1-3H3,(H,31,36)(H2,29,30,32,33,34)/t20-,22+/m1/s1. The number of amides is 1. The number of methoxy groups -OCH3 is 1. The predicted molar refractivity (Wildman–Crippen MR) is 147 cm³/mol. The van der Waals surface area contributed by atoms with Gasteiger partial charge in [0.25, 0.3) is 5.91 Å². The lowest BCUT2D eigenvalue weighted by Gasteiger charge is -2.33. The Hall–Kier alpha value is -3.91. The number of hydrogen-bond donors (Lipinski definition) is 3. The maximum atomic E-state index is 14.4. The van der Waals surface area contributed by atoms with E-state index in [-0.39, 0.29) is 19.1 Å². The number of halogens is 2. The zero-order valence-corrected chi connectivity index (χ0v) is 23.1. The number of piperidine rings is 1. The van der Waals surface area contributed by atoms with Crippen molar-refractivity contribution >= 4 is 39.4 Å². The minimum atomic E-state index is -4.79. The molecule has 0 unspecified atom stereocenters. The second-order valence-corrected chi connectivity index (χ2v) is 10.9. The first-order valence-electron chi connectivity index (χ1n) is 12.6. The van der Waals surface area contributed by atoms with Gasteiger partial charge in [0.1, 0.15) is 17.8 Å². The maximum absolute atomic E-state index is 14.4. The molecule has 1 amide bonds. The van der Waals surface area contributed by atoms with Crippen molar-refractivity contribution in [2.24, 2.45) is 0 Å². The van der Waals surface area contributed by atoms with E-state index in [1.54, 1.807) is 23.2 Å². The van der Waals surface area contributed by atoms with Crippen LogP contribution in [0, 0.1) is 0 Å². The molecule has 11 nitrogen and oxygen atoms in total. The first-order chi connectivity index (χ1) is 19.0. The predicted octanol–water partition coefficient (Wildman–Crippen LogP) is 3.59. The van der Waals surface area contributed by atoms with E-state index in [1.807, 2.05) is 13.8 Å². The van der Waals surface area contributed by atoms with Crippen LogP contribution < -0.4 is 20.9 Å². The van der Waals surface area contributed by atoms with Crippen molar-refractivity contribution in [3.63, 3.8) is 0 Å². The number of hydrogen-bond acceptors (Lipinski definition) is 10. The van der Waals surface area contributed by atoms with Crippen LogP contribution in [-0.2, 0) is 21.5 Å². The lowest BCUT2D eigenvalue weighted by atomic mass is 10.1. The van der Waals surface area contributed by atoms with Crippen LogP contribution in [0.4, 0.5) is 31.5 Å². The van der Waals surface area contributed by atoms with Gasteiger partial charge in [0.2, 0.25) is 5.95 Å². The molecule has 0 spiro atoms. The molecule has 1 aromatic carbocycles. The van der Waals surface area contributed by atoms with Gasteiger partial charge in [-0.1, -0.05) is 12.1 Å². The molecule has 40 heavy (non-hydrogen) atoms. The molecule has 3 N–H and O–H groups in total. The molecule has 3 heterocycles. The van der Waals surface area contributed by atoms with E-state index in [0.29, 0.717) is 47.4 Å². The number of nitrogens with one attached hydrogen (secondary N) is 3. The van der Waals surface area contributed by atoms with E-state index in [1.165, 1.54) is 25.4 Å². The first-order valence-corrected chi connectivity index (χ1v) is 14.0. The zero-order valence-electron chi connectivity index (χ0n) is 22.3. The second kappa shape index (κ2) is 12.5. The van der Waals surface area contributed by atoms with Crippen LogP contribution in [0.1, 0.15) is 36.2 Å². The Morgan fingerprint density at radius 2 is 1.93 bits per heavy atom. The van der Waals surface area contributed by atoms with Crippen LogP contribution in [0.5, 0.6) is 0 Å². The highest BCUT2D eigenvalue weighted by molar-refractivity contribution is 7.86. The summed E-state index contributed by atoms with van der Waals surface area (Å²) in [5.74, 6) is 0.854. The SMILES string of the molecule is CO[C@H]1CCN(c2nccc(Nc3cc(NC(C)C)c(C(=O)NCc4ccc(S(=O)(=O)F)cc4)cn3)n2)C[C@H]1F. The molecule has 0 aliphatic carbocycles. The molecule has 1 saturated heterocycles. The third-order valence-electron chi connectivity index (χ3n) is 6.22. The molecule has 14 heteroatoms. The normalized spacial score (nSPS) is 17.5. The smallest absolute Gasteiger partial charge is 0.332 e. The quantitative estimate of drug-likeness (QED) is 0.308. The van der Waals surface area contributed by atoms with Crippen LogP contribution in [0.2, 0.25) is 0 Å². The summed E-state index contributed by atoms with van der Waals surface area (Å²) in [7, 11) is -3.29. The largest absolute Gasteiger partial charge is 0.382 e. The zero-order chi connectivity index (χ0) is 28.9. The van der Waals surface area contributed by atoms with Crippen molar-refractivity contribution in [2.45, 2.75) is 50.0 Å². The fourth-order valence-corrected chi connectivity index (χ4v) is 4.68. The molecule has 0 saturated carbocycles. The Kier molecular flexibility index (Phi) is 9.10. The number of benzene rings is 1. The lowest BCUT2D eigenvalue weighted by molar-refractivity contribution is 0.0194. The van der Waals surface area contributed by atoms with Gasteiger partial charge in [-0.15, -0.1) is 3.89 Å². The summed E-state index contributed by atoms with van der Waals surface area (Å²) in [6, 6.07) is 8.48. The summed E-state index contributed by atoms with van der Waals surface area (Å²) in [5, 5.41) is 9.11. The average Bonchev–Trinajstić information content (AvgIpc) is 2.91. The van der Waals surface area contributed by atoms with Crippen molar-refractivity contribution in [1.82, 2.24) is 20.3 Å². The van der Waals surface area contributed by atoms with Crippen molar-refractivity contribution < 1.29 is 26.2 Å². The number of rotatable bonds is 10. The number of pyridine rings is 1. The Labute approximate surface area is 231 Å². The Bertz CT molecular complexity index is 1440. The van der Waals surface area contributed by atoms with Gasteiger partial charge in [-0.25, -0.2) is 14.4 Å². The van der Waals surface area contributed by atoms with E-state index >= 15 is 0 Å². The van der Waals surface area contributed by atoms with Crippen LogP contribution in [0.3, 0.4) is 0 Å². The molecule has 2 aromatic heterocycles. The summed E-state index contributed by atoms with van der Waals surface area (Å²) in [4.78, 5) is 27.4. The van der Waals surface area contributed by atoms with Crippen LogP contribution >= 0.6 is 0 Å². The van der Waals surface area contributed by atoms with Gasteiger partial charge in [-0.3, -0.25) is 4.79 Å². The highest BCUT2D eigenvalue weighted by atomic mass is 32.3. The van der Waals surface area contributed by atoms with Crippen molar-refractivity contribution in [3.8, 4) is 0 Å². The number of nitrogens with zero attached hydrogens (tertiary/aromatic N) is 4. The van der Waals surface area contributed by atoms with Gasteiger partial charge in [0.15, 0.2) is 0 Å². The first kappa shape index (κ1) is 29.1. The van der Waals surface area contributed by atoms with Gasteiger partial charge in [-0.05, 0) is 44.0 Å². The molecule has 4 rings (SSSR count).